The molecule has 0 aromatic heterocycles. The van der Waals surface area contributed by atoms with Gasteiger partial charge in [-0.05, 0) is 6.42 Å². The molecule has 0 aliphatic rings. The van der Waals surface area contributed by atoms with E-state index in [1.165, 1.54) is 0 Å². The quantitative estimate of drug-likeness (QED) is 0.574. The number of hydrogen-bond donors (Lipinski definition) is 1. The second-order valence-electron chi connectivity index (χ2n) is 1.14. The minimum absolute atomic E-state index is 0. The van der Waals surface area contributed by atoms with E-state index in [1.54, 1.807) is 0 Å². The van der Waals surface area contributed by atoms with Crippen LogP contribution in [0.1, 0.15) is 13.8 Å². The van der Waals surface area contributed by atoms with Gasteiger partial charge in [-0.15, -0.1) is 0 Å². The topological polar surface area (TPSA) is 54.4 Å². The molecule has 1 radical (unpaired) electrons. The van der Waals surface area contributed by atoms with E-state index in [0.29, 0.717) is 0 Å². The summed E-state index contributed by atoms with van der Waals surface area (Å²) >= 11 is 0. The molecule has 0 aliphatic carbocycles. The molecule has 3 nitrogen and oxygen atoms in total. The van der Waals surface area contributed by atoms with Crippen molar-refractivity contribution in [2.75, 3.05) is 5.75 Å². The van der Waals surface area contributed by atoms with Gasteiger partial charge in [-0.25, -0.2) is 0 Å². The van der Waals surface area contributed by atoms with Gasteiger partial charge in [-0.2, -0.15) is 8.42 Å². The zero-order chi connectivity index (χ0) is 5.91. The predicted octanol–water partition coefficient (Wildman–Crippen LogP) is 0.734. The largest absolute Gasteiger partial charge is 0.286 e. The summed E-state index contributed by atoms with van der Waals surface area (Å²) in [5, 5.41) is 0. The van der Waals surface area contributed by atoms with Crippen molar-refractivity contribution in [3.05, 3.63) is 6.92 Å². The minimum atomic E-state index is -3.74. The third-order valence-corrected chi connectivity index (χ3v) is 1.21. The number of rotatable bonds is 2. The molecule has 0 amide bonds. The lowest BCUT2D eigenvalue weighted by molar-refractivity contribution is 0.483. The first kappa shape index (κ1) is 10.8. The van der Waals surface area contributed by atoms with Crippen LogP contribution < -0.4 is 0 Å². The lowest BCUT2D eigenvalue weighted by Gasteiger charge is -1.85. The van der Waals surface area contributed by atoms with E-state index in [1.807, 2.05) is 0 Å². The Morgan fingerprint density at radius 2 is 1.88 bits per heavy atom. The van der Waals surface area contributed by atoms with Crippen LogP contribution in [0.15, 0.2) is 0 Å². The molecule has 51 valence electrons. The third-order valence-electron chi connectivity index (χ3n) is 0.402. The van der Waals surface area contributed by atoms with Crippen molar-refractivity contribution in [1.29, 1.82) is 0 Å². The Hall–Kier alpha value is -0.0900. The molecular formula is C4H11O3S. The first-order chi connectivity index (χ1) is 3.06. The predicted molar refractivity (Wildman–Crippen MR) is 33.1 cm³/mol. The summed E-state index contributed by atoms with van der Waals surface area (Å²) in [7, 11) is -3.74. The Morgan fingerprint density at radius 3 is 1.88 bits per heavy atom. The van der Waals surface area contributed by atoms with E-state index in [2.05, 4.69) is 6.92 Å². The van der Waals surface area contributed by atoms with Crippen molar-refractivity contribution >= 4 is 10.1 Å². The van der Waals surface area contributed by atoms with Gasteiger partial charge in [0.2, 0.25) is 0 Å². The Balaban J connectivity index is 0. The highest BCUT2D eigenvalue weighted by Crippen LogP contribution is 1.83. The maximum atomic E-state index is 9.75. The monoisotopic (exact) mass is 139 g/mol. The molecule has 0 atom stereocenters. The average Bonchev–Trinajstić information content (AvgIpc) is 1.30. The fourth-order valence-corrected chi connectivity index (χ4v) is 0.547. The van der Waals surface area contributed by atoms with Crippen molar-refractivity contribution in [3.63, 3.8) is 0 Å². The van der Waals surface area contributed by atoms with Crippen LogP contribution in [-0.4, -0.2) is 18.7 Å². The number of hydrogen-bond acceptors (Lipinski definition) is 2. The van der Waals surface area contributed by atoms with Gasteiger partial charge in [0, 0.05) is 0 Å². The summed E-state index contributed by atoms with van der Waals surface area (Å²) in [5.41, 5.74) is 0. The van der Waals surface area contributed by atoms with E-state index in [4.69, 9.17) is 4.55 Å². The van der Waals surface area contributed by atoms with Crippen molar-refractivity contribution in [3.8, 4) is 0 Å². The van der Waals surface area contributed by atoms with E-state index in [-0.39, 0.29) is 19.6 Å². The standard InChI is InChI=1S/C3H7O3S.CH4/c1-2-3-7(4,5)6;/h1-3H2,(H,4,5,6);1H4. The van der Waals surface area contributed by atoms with Crippen LogP contribution in [0.3, 0.4) is 0 Å². The fourth-order valence-electron chi connectivity index (χ4n) is 0.182. The van der Waals surface area contributed by atoms with Crippen LogP contribution in [0.5, 0.6) is 0 Å². The molecule has 0 unspecified atom stereocenters. The van der Waals surface area contributed by atoms with E-state index in [9.17, 15) is 8.42 Å². The summed E-state index contributed by atoms with van der Waals surface area (Å²) in [6.07, 6.45) is 0.221. The van der Waals surface area contributed by atoms with Gasteiger partial charge in [0.15, 0.2) is 0 Å². The first-order valence-electron chi connectivity index (χ1n) is 1.80. The van der Waals surface area contributed by atoms with Crippen LogP contribution >= 0.6 is 0 Å². The smallest absolute Gasteiger partial charge is 0.264 e. The van der Waals surface area contributed by atoms with Crippen LogP contribution in [0.25, 0.3) is 0 Å². The SMILES string of the molecule is C.[CH2]CCS(=O)(=O)O. The zero-order valence-electron chi connectivity index (χ0n) is 3.79. The van der Waals surface area contributed by atoms with Gasteiger partial charge >= 0.3 is 0 Å². The van der Waals surface area contributed by atoms with Gasteiger partial charge in [-0.1, -0.05) is 14.4 Å². The first-order valence-corrected chi connectivity index (χ1v) is 3.41. The molecule has 1 N–H and O–H groups in total. The summed E-state index contributed by atoms with van der Waals surface area (Å²) in [4.78, 5) is 0. The maximum Gasteiger partial charge on any atom is 0.264 e. The highest BCUT2D eigenvalue weighted by Gasteiger charge is 1.98. The molecule has 0 saturated carbocycles. The maximum absolute atomic E-state index is 9.75. The molecule has 0 heterocycles. The summed E-state index contributed by atoms with van der Waals surface area (Å²) in [6.45, 7) is 3.23. The molecule has 0 saturated heterocycles. The molecule has 0 aromatic carbocycles. The van der Waals surface area contributed by atoms with Crippen molar-refractivity contribution in [2.24, 2.45) is 0 Å². The van der Waals surface area contributed by atoms with Crippen molar-refractivity contribution in [2.45, 2.75) is 13.8 Å². The molecule has 8 heavy (non-hydrogen) atoms. The molecule has 0 spiro atoms. The van der Waals surface area contributed by atoms with Crippen LogP contribution in [0, 0.1) is 6.92 Å². The third kappa shape index (κ3) is 9.32. The Kier molecular flexibility index (Phi) is 5.21. The lowest BCUT2D eigenvalue weighted by Crippen LogP contribution is -2.01. The molecule has 0 rings (SSSR count). The molecule has 0 fully saturated rings. The van der Waals surface area contributed by atoms with Gasteiger partial charge in [0.05, 0.1) is 5.75 Å². The van der Waals surface area contributed by atoms with Crippen molar-refractivity contribution in [1.82, 2.24) is 0 Å². The van der Waals surface area contributed by atoms with Crippen LogP contribution in [0.2, 0.25) is 0 Å². The molecule has 4 heteroatoms. The summed E-state index contributed by atoms with van der Waals surface area (Å²) in [6, 6.07) is 0. The van der Waals surface area contributed by atoms with Gasteiger partial charge < -0.3 is 0 Å². The highest BCUT2D eigenvalue weighted by molar-refractivity contribution is 7.85. The zero-order valence-corrected chi connectivity index (χ0v) is 4.61. The van der Waals surface area contributed by atoms with Crippen LogP contribution in [0.4, 0.5) is 0 Å². The average molecular weight is 139 g/mol. The normalized spacial score (nSPS) is 10.2. The lowest BCUT2D eigenvalue weighted by atomic mass is 10.6. The second kappa shape index (κ2) is 3.86. The second-order valence-corrected chi connectivity index (χ2v) is 2.71. The van der Waals surface area contributed by atoms with E-state index in [0.717, 1.165) is 0 Å². The van der Waals surface area contributed by atoms with Gasteiger partial charge in [0.25, 0.3) is 10.1 Å². The summed E-state index contributed by atoms with van der Waals surface area (Å²) in [5.74, 6) is -0.243. The Morgan fingerprint density at radius 1 is 1.50 bits per heavy atom. The fraction of sp³-hybridized carbons (Fsp3) is 0.750. The highest BCUT2D eigenvalue weighted by atomic mass is 32.2. The van der Waals surface area contributed by atoms with Crippen LogP contribution in [-0.2, 0) is 10.1 Å². The van der Waals surface area contributed by atoms with E-state index < -0.39 is 10.1 Å². The molecule has 0 aliphatic heterocycles. The van der Waals surface area contributed by atoms with Gasteiger partial charge in [-0.3, -0.25) is 4.55 Å². The Labute approximate surface area is 50.5 Å². The molecular weight excluding hydrogens is 128 g/mol. The van der Waals surface area contributed by atoms with Crippen molar-refractivity contribution < 1.29 is 13.0 Å². The molecule has 0 aromatic rings. The Bertz CT molecular complexity index is 124. The summed E-state index contributed by atoms with van der Waals surface area (Å²) < 4.78 is 27.4. The molecule has 0 bridgehead atoms. The van der Waals surface area contributed by atoms with E-state index >= 15 is 0 Å². The van der Waals surface area contributed by atoms with Gasteiger partial charge in [0.1, 0.15) is 0 Å². The minimum Gasteiger partial charge on any atom is -0.286 e.